The number of imide groups is 2. The van der Waals surface area contributed by atoms with E-state index in [4.69, 9.17) is 9.88 Å². The van der Waals surface area contributed by atoms with Crippen LogP contribution in [-0.2, 0) is 25.2 Å². The van der Waals surface area contributed by atoms with Crippen LogP contribution in [0.1, 0.15) is 25.3 Å². The molecule has 2 fully saturated rings. The quantitative estimate of drug-likeness (QED) is 0.346. The lowest BCUT2D eigenvalue weighted by atomic mass is 9.84. The third-order valence-corrected chi connectivity index (χ3v) is 7.36. The maximum absolute atomic E-state index is 13.3. The van der Waals surface area contributed by atoms with Gasteiger partial charge in [0.25, 0.3) is 11.8 Å². The SMILES string of the molecule is CCCCOc1ccc(C2(N3CCN(c4ccc(S(N)(=O)=O)cc4)CC3)C(=O)NC(=O)NC2=O)cc1. The summed E-state index contributed by atoms with van der Waals surface area (Å²) >= 11 is 0. The number of amides is 4. The first-order valence-electron chi connectivity index (χ1n) is 11.7. The molecule has 0 bridgehead atoms. The molecular weight excluding hydrogens is 486 g/mol. The predicted octanol–water partition coefficient (Wildman–Crippen LogP) is 0.896. The Morgan fingerprint density at radius 3 is 2.03 bits per heavy atom. The molecule has 0 unspecified atom stereocenters. The molecule has 2 aliphatic heterocycles. The normalized spacial score (nSPS) is 18.5. The van der Waals surface area contributed by atoms with E-state index in [0.717, 1.165) is 18.5 Å². The number of nitrogens with one attached hydrogen (secondary N) is 2. The van der Waals surface area contributed by atoms with Gasteiger partial charge >= 0.3 is 6.03 Å². The number of nitrogens with two attached hydrogens (primary N) is 1. The van der Waals surface area contributed by atoms with Crippen molar-refractivity contribution in [3.05, 3.63) is 54.1 Å². The number of urea groups is 1. The Morgan fingerprint density at radius 1 is 0.917 bits per heavy atom. The minimum atomic E-state index is -3.79. The van der Waals surface area contributed by atoms with E-state index in [9.17, 15) is 22.8 Å². The molecule has 36 heavy (non-hydrogen) atoms. The van der Waals surface area contributed by atoms with E-state index in [0.29, 0.717) is 44.1 Å². The number of unbranched alkanes of at least 4 members (excludes halogenated alkanes) is 1. The fraction of sp³-hybridized carbons (Fsp3) is 0.375. The second-order valence-corrected chi connectivity index (χ2v) is 10.2. The predicted molar refractivity (Wildman–Crippen MR) is 132 cm³/mol. The monoisotopic (exact) mass is 515 g/mol. The molecule has 0 atom stereocenters. The molecule has 0 aliphatic carbocycles. The molecule has 4 amide bonds. The Hall–Kier alpha value is -3.48. The highest BCUT2D eigenvalue weighted by Gasteiger charge is 2.56. The Kier molecular flexibility index (Phi) is 7.29. The van der Waals surface area contributed by atoms with Crippen LogP contribution in [0, 0.1) is 0 Å². The van der Waals surface area contributed by atoms with Crippen molar-refractivity contribution in [1.82, 2.24) is 15.5 Å². The van der Waals surface area contributed by atoms with Gasteiger partial charge in [0.2, 0.25) is 15.6 Å². The Balaban J connectivity index is 1.57. The second kappa shape index (κ2) is 10.2. The van der Waals surface area contributed by atoms with Crippen LogP contribution in [0.4, 0.5) is 10.5 Å². The number of rotatable bonds is 8. The van der Waals surface area contributed by atoms with Crippen LogP contribution in [0.2, 0.25) is 0 Å². The van der Waals surface area contributed by atoms with E-state index in [1.165, 1.54) is 12.1 Å². The standard InChI is InChI=1S/C24H29N5O6S/c1-2-3-16-35-19-8-4-17(5-9-19)24(21(30)26-23(32)27-22(24)31)29-14-12-28(13-15-29)18-6-10-20(11-7-18)36(25,33)34/h4-11H,2-3,12-16H2,1H3,(H2,25,33,34)(H2,26,27,30,31,32). The molecule has 192 valence electrons. The number of barbiturate groups is 1. The molecule has 2 aliphatic rings. The largest absolute Gasteiger partial charge is 0.494 e. The first-order chi connectivity index (χ1) is 17.2. The third-order valence-electron chi connectivity index (χ3n) is 6.43. The summed E-state index contributed by atoms with van der Waals surface area (Å²) in [6, 6.07) is 12.1. The van der Waals surface area contributed by atoms with Gasteiger partial charge in [0.1, 0.15) is 5.75 Å². The van der Waals surface area contributed by atoms with Crippen molar-refractivity contribution >= 4 is 33.6 Å². The number of primary sulfonamides is 1. The fourth-order valence-corrected chi connectivity index (χ4v) is 5.04. The lowest BCUT2D eigenvalue weighted by molar-refractivity contribution is -0.149. The summed E-state index contributed by atoms with van der Waals surface area (Å²) in [7, 11) is -3.79. The van der Waals surface area contributed by atoms with Crippen LogP contribution in [0.15, 0.2) is 53.4 Å². The summed E-state index contributed by atoms with van der Waals surface area (Å²) in [5.41, 5.74) is -0.504. The van der Waals surface area contributed by atoms with Crippen molar-refractivity contribution in [2.75, 3.05) is 37.7 Å². The minimum Gasteiger partial charge on any atom is -0.494 e. The molecule has 2 heterocycles. The van der Waals surface area contributed by atoms with E-state index in [1.807, 2.05) is 4.90 Å². The highest BCUT2D eigenvalue weighted by Crippen LogP contribution is 2.34. The maximum Gasteiger partial charge on any atom is 0.328 e. The number of nitrogens with zero attached hydrogens (tertiary/aromatic N) is 2. The highest BCUT2D eigenvalue weighted by molar-refractivity contribution is 7.89. The lowest BCUT2D eigenvalue weighted by Crippen LogP contribution is -2.73. The van der Waals surface area contributed by atoms with Crippen LogP contribution >= 0.6 is 0 Å². The molecule has 4 N–H and O–H groups in total. The lowest BCUT2D eigenvalue weighted by Gasteiger charge is -2.47. The van der Waals surface area contributed by atoms with Gasteiger partial charge in [0, 0.05) is 31.9 Å². The van der Waals surface area contributed by atoms with Gasteiger partial charge in [0.15, 0.2) is 0 Å². The maximum atomic E-state index is 13.3. The number of piperazine rings is 1. The summed E-state index contributed by atoms with van der Waals surface area (Å²) in [6.07, 6.45) is 1.91. The van der Waals surface area contributed by atoms with Crippen molar-refractivity contribution in [2.24, 2.45) is 5.14 Å². The van der Waals surface area contributed by atoms with Crippen LogP contribution in [0.25, 0.3) is 0 Å². The molecule has 0 spiro atoms. The smallest absolute Gasteiger partial charge is 0.328 e. The number of benzene rings is 2. The zero-order valence-electron chi connectivity index (χ0n) is 19.9. The average molecular weight is 516 g/mol. The Labute approximate surface area is 209 Å². The van der Waals surface area contributed by atoms with E-state index >= 15 is 0 Å². The second-order valence-electron chi connectivity index (χ2n) is 8.69. The molecule has 4 rings (SSSR count). The molecule has 0 radical (unpaired) electrons. The first kappa shape index (κ1) is 25.6. The van der Waals surface area contributed by atoms with Gasteiger partial charge in [-0.15, -0.1) is 0 Å². The van der Waals surface area contributed by atoms with Gasteiger partial charge < -0.3 is 9.64 Å². The zero-order valence-corrected chi connectivity index (χ0v) is 20.7. The number of carbonyl (C=O) groups excluding carboxylic acids is 3. The number of anilines is 1. The average Bonchev–Trinajstić information content (AvgIpc) is 2.85. The summed E-state index contributed by atoms with van der Waals surface area (Å²) in [6.45, 7) is 4.22. The van der Waals surface area contributed by atoms with Crippen LogP contribution in [-0.4, -0.2) is 63.9 Å². The molecule has 0 saturated carbocycles. The van der Waals surface area contributed by atoms with Crippen LogP contribution in [0.5, 0.6) is 5.75 Å². The van der Waals surface area contributed by atoms with Gasteiger partial charge in [-0.25, -0.2) is 18.4 Å². The van der Waals surface area contributed by atoms with Gasteiger partial charge in [0.05, 0.1) is 11.5 Å². The van der Waals surface area contributed by atoms with Crippen molar-refractivity contribution in [2.45, 2.75) is 30.2 Å². The van der Waals surface area contributed by atoms with E-state index in [2.05, 4.69) is 17.6 Å². The third kappa shape index (κ3) is 4.92. The number of ether oxygens (including phenoxy) is 1. The first-order valence-corrected chi connectivity index (χ1v) is 13.2. The molecule has 12 heteroatoms. The fourth-order valence-electron chi connectivity index (χ4n) is 4.53. The van der Waals surface area contributed by atoms with E-state index in [-0.39, 0.29) is 4.90 Å². The van der Waals surface area contributed by atoms with E-state index < -0.39 is 33.4 Å². The summed E-state index contributed by atoms with van der Waals surface area (Å²) in [5, 5.41) is 9.68. The van der Waals surface area contributed by atoms with Crippen LogP contribution < -0.4 is 25.4 Å². The number of hydrogen-bond acceptors (Lipinski definition) is 8. The molecule has 2 saturated heterocycles. The van der Waals surface area contributed by atoms with Crippen molar-refractivity contribution in [1.29, 1.82) is 0 Å². The molecule has 2 aromatic carbocycles. The summed E-state index contributed by atoms with van der Waals surface area (Å²) < 4.78 is 28.8. The molecular formula is C24H29N5O6S. The highest BCUT2D eigenvalue weighted by atomic mass is 32.2. The topological polar surface area (TPSA) is 151 Å². The van der Waals surface area contributed by atoms with Crippen molar-refractivity contribution in [3.8, 4) is 5.75 Å². The molecule has 2 aromatic rings. The van der Waals surface area contributed by atoms with Gasteiger partial charge in [-0.3, -0.25) is 25.1 Å². The Morgan fingerprint density at radius 2 is 1.50 bits per heavy atom. The van der Waals surface area contributed by atoms with E-state index in [1.54, 1.807) is 41.3 Å². The zero-order chi connectivity index (χ0) is 25.9. The number of hydrogen-bond donors (Lipinski definition) is 3. The molecule has 11 nitrogen and oxygen atoms in total. The van der Waals surface area contributed by atoms with Crippen molar-refractivity contribution in [3.63, 3.8) is 0 Å². The van der Waals surface area contributed by atoms with Crippen molar-refractivity contribution < 1.29 is 27.5 Å². The summed E-state index contributed by atoms with van der Waals surface area (Å²) in [5.74, 6) is -0.786. The van der Waals surface area contributed by atoms with Gasteiger partial charge in [-0.2, -0.15) is 0 Å². The van der Waals surface area contributed by atoms with Gasteiger partial charge in [-0.05, 0) is 48.4 Å². The number of carbonyl (C=O) groups is 3. The Bertz CT molecular complexity index is 1220. The minimum absolute atomic E-state index is 0.0196. The summed E-state index contributed by atoms with van der Waals surface area (Å²) in [4.78, 5) is 42.2. The number of sulfonamides is 1. The van der Waals surface area contributed by atoms with Gasteiger partial charge in [-0.1, -0.05) is 25.5 Å². The molecule has 0 aromatic heterocycles. The van der Waals surface area contributed by atoms with Crippen LogP contribution in [0.3, 0.4) is 0 Å².